The van der Waals surface area contributed by atoms with Crippen molar-refractivity contribution in [1.29, 1.82) is 0 Å². The van der Waals surface area contributed by atoms with E-state index in [2.05, 4.69) is 0 Å². The highest BCUT2D eigenvalue weighted by Gasteiger charge is 0.0000177. The molecule has 18 N–H and O–H groups in total. The maximum absolute atomic E-state index is 0. The van der Waals surface area contributed by atoms with Crippen molar-refractivity contribution < 1.29 is 0 Å². The van der Waals surface area contributed by atoms with E-state index < -0.39 is 0 Å². The van der Waals surface area contributed by atoms with Crippen LogP contribution in [0, 0.1) is 0 Å². The quantitative estimate of drug-likeness (QED) is 0.257. The first-order valence-electron chi connectivity index (χ1n) is 0. The summed E-state index contributed by atoms with van der Waals surface area (Å²) in [6.45, 7) is 0. The van der Waals surface area contributed by atoms with Gasteiger partial charge < -0.3 is 36.9 Å². The van der Waals surface area contributed by atoms with Gasteiger partial charge >= 0.3 is 0 Å². The van der Waals surface area contributed by atoms with Gasteiger partial charge in [-0.15, -0.1) is 0 Å². The van der Waals surface area contributed by atoms with E-state index in [0.29, 0.717) is 0 Å². The number of rotatable bonds is 0. The third kappa shape index (κ3) is 1360. The zero-order chi connectivity index (χ0) is 0. The molecule has 0 aromatic heterocycles. The first kappa shape index (κ1) is 3380. The Morgan fingerprint density at radius 2 is 0.286 bits per heavy atom. The Balaban J connectivity index is 0. The molecule has 0 bridgehead atoms. The van der Waals surface area contributed by atoms with Crippen LogP contribution in [-0.2, 0) is 0 Å². The van der Waals surface area contributed by atoms with Crippen LogP contribution in [0.15, 0.2) is 0 Å². The van der Waals surface area contributed by atoms with Crippen molar-refractivity contribution in [2.45, 2.75) is 0 Å². The van der Waals surface area contributed by atoms with Crippen LogP contribution >= 0.6 is 0 Å². The second kappa shape index (κ2) is 2060. The molecule has 0 heterocycles. The summed E-state index contributed by atoms with van der Waals surface area (Å²) in [6.07, 6.45) is 0. The van der Waals surface area contributed by atoms with E-state index in [1.165, 1.54) is 0 Å². The van der Waals surface area contributed by atoms with Gasteiger partial charge in [-0.2, -0.15) is 0 Å². The number of hydrogen-bond donors (Lipinski definition) is 6. The molecule has 0 spiro atoms. The first-order valence-corrected chi connectivity index (χ1v) is 0. The highest BCUT2D eigenvalue weighted by Crippen LogP contribution is -0.381. The van der Waals surface area contributed by atoms with Crippen molar-refractivity contribution in [3.8, 4) is 0 Å². The maximum Gasteiger partial charge on any atom is 0 e. The minimum atomic E-state index is 0. The van der Waals surface area contributed by atoms with Crippen LogP contribution in [0.1, 0.15) is 0 Å². The summed E-state index contributed by atoms with van der Waals surface area (Å²) in [7, 11) is 0. The standard InChI is InChI=1S/Al.6H3N/h;6*1H3. The lowest BCUT2D eigenvalue weighted by atomic mass is 14.0. The van der Waals surface area contributed by atoms with Crippen molar-refractivity contribution in [3.63, 3.8) is 0 Å². The molecule has 0 unspecified atom stereocenters. The van der Waals surface area contributed by atoms with E-state index in [0.717, 1.165) is 0 Å². The smallest absolute Gasteiger partial charge is 0 e. The zero-order valence-corrected chi connectivity index (χ0v) is 5.97. The molecule has 6 nitrogen and oxygen atoms in total. The Morgan fingerprint density at radius 1 is 0.286 bits per heavy atom. The molecule has 0 fully saturated rings. The van der Waals surface area contributed by atoms with Crippen molar-refractivity contribution in [2.75, 3.05) is 0 Å². The van der Waals surface area contributed by atoms with E-state index in [1.54, 1.807) is 0 Å². The van der Waals surface area contributed by atoms with Gasteiger partial charge in [0.1, 0.15) is 0 Å². The Hall–Kier alpha value is 0.292. The molecule has 7 heteroatoms. The lowest BCUT2D eigenvalue weighted by molar-refractivity contribution is 2.13. The summed E-state index contributed by atoms with van der Waals surface area (Å²) in [4.78, 5) is 0. The van der Waals surface area contributed by atoms with Crippen LogP contribution in [0.2, 0.25) is 0 Å². The largest absolute Gasteiger partial charge is 0.344 e. The van der Waals surface area contributed by atoms with Crippen LogP contribution < -0.4 is 36.9 Å². The van der Waals surface area contributed by atoms with Gasteiger partial charge in [-0.1, -0.05) is 0 Å². The highest BCUT2D eigenvalue weighted by molar-refractivity contribution is 5.75. The van der Waals surface area contributed by atoms with Crippen molar-refractivity contribution in [2.24, 2.45) is 0 Å². The number of hydrogen-bond acceptors (Lipinski definition) is 6. The van der Waals surface area contributed by atoms with Crippen LogP contribution in [0.3, 0.4) is 0 Å². The molecule has 0 rings (SSSR count). The molecule has 0 amide bonds. The van der Waals surface area contributed by atoms with Gasteiger partial charge in [0, 0.05) is 17.4 Å². The molecule has 0 aromatic carbocycles. The van der Waals surface area contributed by atoms with E-state index in [1.807, 2.05) is 0 Å². The van der Waals surface area contributed by atoms with E-state index >= 15 is 0 Å². The zero-order valence-electron chi connectivity index (χ0n) is 4.82. The molecule has 0 aromatic rings. The monoisotopic (exact) mass is 129 g/mol. The van der Waals surface area contributed by atoms with Crippen molar-refractivity contribution in [1.82, 2.24) is 36.9 Å². The summed E-state index contributed by atoms with van der Waals surface area (Å²) in [5, 5.41) is 0. The molecule has 0 saturated carbocycles. The van der Waals surface area contributed by atoms with Gasteiger partial charge in [0.15, 0.2) is 0 Å². The predicted octanol–water partition coefficient (Wildman–Crippen LogP) is 0.591. The van der Waals surface area contributed by atoms with E-state index in [4.69, 9.17) is 0 Å². The lowest BCUT2D eigenvalue weighted by Crippen LogP contribution is -0.482. The molecule has 0 atom stereocenters. The first-order chi connectivity index (χ1) is 0. The Labute approximate surface area is 55.1 Å². The molecule has 51 valence electrons. The van der Waals surface area contributed by atoms with Crippen LogP contribution in [0.25, 0.3) is 0 Å². The molecular weight excluding hydrogens is 111 g/mol. The molecule has 3 radical (unpaired) electrons. The van der Waals surface area contributed by atoms with Gasteiger partial charge in [-0.05, 0) is 0 Å². The Bertz CT molecular complexity index is 4.14. The van der Waals surface area contributed by atoms with Gasteiger partial charge in [-0.3, -0.25) is 0 Å². The fourth-order valence-corrected chi connectivity index (χ4v) is 0. The van der Waals surface area contributed by atoms with E-state index in [-0.39, 0.29) is 54.3 Å². The summed E-state index contributed by atoms with van der Waals surface area (Å²) in [5.74, 6) is 0. The fourth-order valence-electron chi connectivity index (χ4n) is 0. The summed E-state index contributed by atoms with van der Waals surface area (Å²) < 4.78 is 0. The molecule has 0 saturated heterocycles. The van der Waals surface area contributed by atoms with Crippen LogP contribution in [-0.4, -0.2) is 17.4 Å². The molecule has 0 aliphatic carbocycles. The molecule has 7 heavy (non-hydrogen) atoms. The normalized spacial score (nSPS) is 0. The SMILES string of the molecule is N.N.N.N.N.N.[Al]. The average Bonchev–Trinajstić information content (AvgIpc) is 0. The van der Waals surface area contributed by atoms with Gasteiger partial charge in [-0.25, -0.2) is 0 Å². The molecular formula is H18AlN6. The van der Waals surface area contributed by atoms with Gasteiger partial charge in [0.05, 0.1) is 0 Å². The van der Waals surface area contributed by atoms with Gasteiger partial charge in [0.2, 0.25) is 0 Å². The lowest BCUT2D eigenvalue weighted by Gasteiger charge is -0.345. The predicted molar refractivity (Wildman–Crippen MR) is 35.9 cm³/mol. The second-order valence-electron chi connectivity index (χ2n) is 0. The topological polar surface area (TPSA) is 210 Å². The fraction of sp³-hybridized carbons (Fsp3) is 0. The minimum absolute atomic E-state index is 0. The molecule has 0 aliphatic heterocycles. The Kier molecular flexibility index (Phi) is 994000. The van der Waals surface area contributed by atoms with Crippen LogP contribution in [0.4, 0.5) is 0 Å². The van der Waals surface area contributed by atoms with Crippen LogP contribution in [0.5, 0.6) is 0 Å². The van der Waals surface area contributed by atoms with Gasteiger partial charge in [0.25, 0.3) is 0 Å². The average molecular weight is 129 g/mol. The third-order valence-corrected chi connectivity index (χ3v) is 0. The third-order valence-electron chi connectivity index (χ3n) is 0. The second-order valence-corrected chi connectivity index (χ2v) is 0. The maximum atomic E-state index is 0. The molecule has 0 aliphatic rings. The van der Waals surface area contributed by atoms with Crippen molar-refractivity contribution >= 4 is 17.4 Å². The summed E-state index contributed by atoms with van der Waals surface area (Å²) in [5.41, 5.74) is 0. The highest BCUT2D eigenvalue weighted by atomic mass is 27.0. The summed E-state index contributed by atoms with van der Waals surface area (Å²) >= 11 is 0. The minimum Gasteiger partial charge on any atom is -0.344 e. The summed E-state index contributed by atoms with van der Waals surface area (Å²) in [6, 6.07) is 0. The Morgan fingerprint density at radius 3 is 0.286 bits per heavy atom. The van der Waals surface area contributed by atoms with Crippen molar-refractivity contribution in [3.05, 3.63) is 0 Å². The van der Waals surface area contributed by atoms with E-state index in [9.17, 15) is 0 Å².